The minimum Gasteiger partial charge on any atom is -0.502 e. The third kappa shape index (κ3) is 8.48. The van der Waals surface area contributed by atoms with Crippen molar-refractivity contribution in [1.29, 1.82) is 0 Å². The maximum atomic E-state index is 10.9. The maximum absolute atomic E-state index is 10.9. The van der Waals surface area contributed by atoms with E-state index < -0.39 is 19.5 Å². The fourth-order valence-corrected chi connectivity index (χ4v) is 6.86. The number of anilines is 2. The summed E-state index contributed by atoms with van der Waals surface area (Å²) in [4.78, 5) is 19.7. The topological polar surface area (TPSA) is 45.1 Å². The Bertz CT molecular complexity index is 1290. The van der Waals surface area contributed by atoms with Crippen LogP contribution >= 0.6 is 19.4 Å². The van der Waals surface area contributed by atoms with E-state index in [9.17, 15) is 4.79 Å². The number of aryl methyl sites for hydroxylation is 6. The molecule has 1 aliphatic rings. The standard InChI is InChI=1S/C21H27N2.C10H9NO2.2ClH.Ru/c1-14-9-16(3)20(17(4)10-14)22-7-8-23(13-22)21-18(5)11-15(2)12-19(21)6;1-8-5-3-4-6-9(8)11-7-10(12)13-2;;;/h9-13H,7-8H2,1-6H3;1,3-7H,2H3;2*1H;/q-1;;;;+2/p-2. The molecule has 0 unspecified atom stereocenters. The molecule has 0 spiro atoms. The minimum absolute atomic E-state index is 0.499. The molecular formula is C31H36Cl2N3O2Ru-. The van der Waals surface area contributed by atoms with Gasteiger partial charge in [0.25, 0.3) is 0 Å². The van der Waals surface area contributed by atoms with Gasteiger partial charge in [0.2, 0.25) is 0 Å². The molecule has 1 heterocycles. The van der Waals surface area contributed by atoms with E-state index in [4.69, 9.17) is 19.4 Å². The SMILES string of the molecule is COC(=O)C=Nc1ccccc1[CH]=[Ru]([Cl])[Cl].Cc1cc(C)c(N2[CH-]N(c3c(C)cc(C)cc3C)CC2)c(C)c1. The number of esters is 1. The molecule has 1 aliphatic heterocycles. The van der Waals surface area contributed by atoms with Crippen molar-refractivity contribution >= 4 is 53.2 Å². The summed E-state index contributed by atoms with van der Waals surface area (Å²) in [6, 6.07) is 16.4. The van der Waals surface area contributed by atoms with E-state index in [1.165, 1.54) is 51.9 Å². The molecule has 8 heteroatoms. The zero-order chi connectivity index (χ0) is 28.7. The molecule has 0 amide bonds. The molecule has 0 aliphatic carbocycles. The van der Waals surface area contributed by atoms with Crippen molar-refractivity contribution in [2.75, 3.05) is 30.0 Å². The van der Waals surface area contributed by atoms with E-state index in [2.05, 4.69) is 92.0 Å². The first-order valence-corrected chi connectivity index (χ1v) is 18.1. The van der Waals surface area contributed by atoms with E-state index in [0.717, 1.165) is 24.9 Å². The van der Waals surface area contributed by atoms with Crippen molar-refractivity contribution in [1.82, 2.24) is 0 Å². The smallest absolute Gasteiger partial charge is 0.0146 e. The molecular weight excluding hydrogens is 618 g/mol. The van der Waals surface area contributed by atoms with E-state index >= 15 is 0 Å². The Hall–Kier alpha value is -2.53. The van der Waals surface area contributed by atoms with Crippen LogP contribution in [0.25, 0.3) is 0 Å². The number of carbonyl (C=O) groups excluding carboxylic acids is 1. The van der Waals surface area contributed by atoms with Crippen molar-refractivity contribution in [2.24, 2.45) is 4.99 Å². The number of hydrogen-bond donors (Lipinski definition) is 0. The quantitative estimate of drug-likeness (QED) is 0.123. The monoisotopic (exact) mass is 654 g/mol. The van der Waals surface area contributed by atoms with Crippen LogP contribution in [-0.4, -0.2) is 37.0 Å². The van der Waals surface area contributed by atoms with Crippen LogP contribution in [0.3, 0.4) is 0 Å². The van der Waals surface area contributed by atoms with E-state index in [1.807, 2.05) is 18.2 Å². The summed E-state index contributed by atoms with van der Waals surface area (Å²) in [5.41, 5.74) is 12.3. The number of benzene rings is 3. The molecule has 210 valence electrons. The van der Waals surface area contributed by atoms with Crippen LogP contribution in [0.4, 0.5) is 17.1 Å². The fourth-order valence-electron chi connectivity index (χ4n) is 5.04. The van der Waals surface area contributed by atoms with Gasteiger partial charge in [-0.05, 0) is 63.8 Å². The Morgan fingerprint density at radius 2 is 1.33 bits per heavy atom. The molecule has 0 saturated carbocycles. The number of carbonyl (C=O) groups is 1. The molecule has 0 N–H and O–H groups in total. The average molecular weight is 655 g/mol. The van der Waals surface area contributed by atoms with Gasteiger partial charge in [-0.1, -0.05) is 35.4 Å². The summed E-state index contributed by atoms with van der Waals surface area (Å²) in [6.45, 7) is 17.6. The van der Waals surface area contributed by atoms with Crippen LogP contribution in [0.5, 0.6) is 0 Å². The molecule has 0 atom stereocenters. The number of aliphatic imine (C=N–C) groups is 1. The van der Waals surface area contributed by atoms with Crippen LogP contribution in [-0.2, 0) is 23.0 Å². The van der Waals surface area contributed by atoms with Gasteiger partial charge in [0, 0.05) is 24.5 Å². The van der Waals surface area contributed by atoms with Gasteiger partial charge in [0.1, 0.15) is 0 Å². The molecule has 1 saturated heterocycles. The Balaban J connectivity index is 0.000000231. The summed E-state index contributed by atoms with van der Waals surface area (Å²) < 4.78 is 6.23. The van der Waals surface area contributed by atoms with Gasteiger partial charge < -0.3 is 9.80 Å². The Morgan fingerprint density at radius 3 is 1.77 bits per heavy atom. The van der Waals surface area contributed by atoms with Gasteiger partial charge in [-0.25, -0.2) is 0 Å². The van der Waals surface area contributed by atoms with Crippen molar-refractivity contribution in [3.63, 3.8) is 0 Å². The zero-order valence-electron chi connectivity index (χ0n) is 23.5. The molecule has 4 rings (SSSR count). The third-order valence-electron chi connectivity index (χ3n) is 6.34. The number of methoxy groups -OCH3 is 1. The Labute approximate surface area is 245 Å². The van der Waals surface area contributed by atoms with Crippen LogP contribution in [0.2, 0.25) is 0 Å². The molecule has 1 fully saturated rings. The second kappa shape index (κ2) is 14.2. The van der Waals surface area contributed by atoms with Crippen LogP contribution in [0.1, 0.15) is 38.9 Å². The first-order valence-electron chi connectivity index (χ1n) is 12.6. The van der Waals surface area contributed by atoms with Crippen LogP contribution < -0.4 is 9.80 Å². The summed E-state index contributed by atoms with van der Waals surface area (Å²) in [5, 5.41) is 0. The van der Waals surface area contributed by atoms with Gasteiger partial charge in [-0.2, -0.15) is 6.67 Å². The number of nitrogens with zero attached hydrogens (tertiary/aromatic N) is 3. The van der Waals surface area contributed by atoms with Gasteiger partial charge in [0.15, 0.2) is 0 Å². The minimum atomic E-state index is -1.89. The Morgan fingerprint density at radius 1 is 0.872 bits per heavy atom. The molecule has 39 heavy (non-hydrogen) atoms. The van der Waals surface area contributed by atoms with Gasteiger partial charge in [-0.15, -0.1) is 0 Å². The van der Waals surface area contributed by atoms with E-state index in [1.54, 1.807) is 10.7 Å². The predicted molar refractivity (Wildman–Crippen MR) is 164 cm³/mol. The first kappa shape index (κ1) is 31.0. The van der Waals surface area contributed by atoms with Crippen LogP contribution in [0.15, 0.2) is 53.5 Å². The second-order valence-electron chi connectivity index (χ2n) is 9.64. The summed E-state index contributed by atoms with van der Waals surface area (Å²) in [6.07, 6.45) is 1.12. The molecule has 0 radical (unpaired) electrons. The molecule has 0 bridgehead atoms. The molecule has 0 aromatic heterocycles. The summed E-state index contributed by atoms with van der Waals surface area (Å²) in [7, 11) is 12.9. The van der Waals surface area contributed by atoms with Gasteiger partial charge in [0.05, 0.1) is 0 Å². The number of hydrogen-bond acceptors (Lipinski definition) is 5. The van der Waals surface area contributed by atoms with Crippen molar-refractivity contribution < 1.29 is 23.0 Å². The number of rotatable bonds is 5. The second-order valence-corrected chi connectivity index (χ2v) is 15.4. The first-order chi connectivity index (χ1) is 18.5. The Kier molecular flexibility index (Phi) is 11.3. The number of ether oxygens (including phenoxy) is 1. The van der Waals surface area contributed by atoms with Gasteiger partial charge in [-0.3, -0.25) is 0 Å². The van der Waals surface area contributed by atoms with E-state index in [0.29, 0.717) is 5.69 Å². The molecule has 5 nitrogen and oxygen atoms in total. The third-order valence-corrected chi connectivity index (χ3v) is 8.17. The molecule has 3 aromatic rings. The largest absolute Gasteiger partial charge is 0.502 e. The van der Waals surface area contributed by atoms with E-state index in [-0.39, 0.29) is 0 Å². The zero-order valence-corrected chi connectivity index (χ0v) is 26.8. The van der Waals surface area contributed by atoms with Crippen molar-refractivity contribution in [2.45, 2.75) is 41.5 Å². The van der Waals surface area contributed by atoms with Crippen LogP contribution in [0, 0.1) is 48.2 Å². The maximum Gasteiger partial charge on any atom is 0.0146 e. The average Bonchev–Trinajstić information content (AvgIpc) is 3.31. The van der Waals surface area contributed by atoms with Crippen molar-refractivity contribution in [3.8, 4) is 0 Å². The van der Waals surface area contributed by atoms with Gasteiger partial charge >= 0.3 is 107 Å². The number of halogens is 2. The summed E-state index contributed by atoms with van der Waals surface area (Å²) >= 11 is -1.89. The van der Waals surface area contributed by atoms with Crippen molar-refractivity contribution in [3.05, 3.63) is 94.1 Å². The number of para-hydroxylation sites is 1. The fraction of sp³-hybridized carbons (Fsp3) is 0.290. The summed E-state index contributed by atoms with van der Waals surface area (Å²) in [5.74, 6) is -0.499. The normalized spacial score (nSPS) is 13.3. The predicted octanol–water partition coefficient (Wildman–Crippen LogP) is 7.62. The molecule has 3 aromatic carbocycles.